The molecule has 0 unspecified atom stereocenters. The number of nitrogens with two attached hydrogens (primary N) is 1. The fourth-order valence-electron chi connectivity index (χ4n) is 2.39. The van der Waals surface area contributed by atoms with Crippen molar-refractivity contribution >= 4 is 29.7 Å². The van der Waals surface area contributed by atoms with Gasteiger partial charge in [0.25, 0.3) is 5.91 Å². The lowest BCUT2D eigenvalue weighted by Crippen LogP contribution is -2.52. The van der Waals surface area contributed by atoms with Crippen molar-refractivity contribution in [3.05, 3.63) is 35.9 Å². The topological polar surface area (TPSA) is 181 Å². The Bertz CT molecular complexity index is 832. The predicted molar refractivity (Wildman–Crippen MR) is 147 cm³/mol. The fraction of sp³-hybridized carbons (Fsp3) is 0.577. The lowest BCUT2D eigenvalue weighted by atomic mass is 10.1. The molecule has 7 N–H and O–H groups in total. The molecule has 1 aromatic carbocycles. The minimum absolute atomic E-state index is 0.140. The number of hydrogen-bond acceptors (Lipinski definition) is 7. The van der Waals surface area contributed by atoms with Crippen molar-refractivity contribution in [1.82, 2.24) is 26.7 Å². The second kappa shape index (κ2) is 22.5. The average molecular weight is 539 g/mol. The van der Waals surface area contributed by atoms with Gasteiger partial charge in [-0.25, -0.2) is 10.6 Å². The third-order valence-corrected chi connectivity index (χ3v) is 3.94. The van der Waals surface area contributed by atoms with Gasteiger partial charge in [0.1, 0.15) is 12.1 Å². The molecule has 1 rings (SSSR count). The van der Waals surface area contributed by atoms with Crippen LogP contribution in [0.1, 0.15) is 60.5 Å². The summed E-state index contributed by atoms with van der Waals surface area (Å²) in [4.78, 5) is 59.2. The Morgan fingerprint density at radius 2 is 1.32 bits per heavy atom. The third-order valence-electron chi connectivity index (χ3n) is 3.94. The molecule has 0 spiro atoms. The number of nitrogens with one attached hydrogen (secondary N) is 5. The van der Waals surface area contributed by atoms with E-state index >= 15 is 0 Å². The van der Waals surface area contributed by atoms with Crippen molar-refractivity contribution in [3.63, 3.8) is 0 Å². The van der Waals surface area contributed by atoms with E-state index in [0.29, 0.717) is 0 Å². The van der Waals surface area contributed by atoms with Crippen LogP contribution in [0.4, 0.5) is 4.79 Å². The summed E-state index contributed by atoms with van der Waals surface area (Å²) < 4.78 is 4.82. The molecule has 38 heavy (non-hydrogen) atoms. The van der Waals surface area contributed by atoms with Crippen LogP contribution in [0.2, 0.25) is 0 Å². The lowest BCUT2D eigenvalue weighted by Gasteiger charge is -2.19. The molecule has 0 aliphatic rings. The zero-order valence-corrected chi connectivity index (χ0v) is 23.7. The molecule has 0 bridgehead atoms. The minimum Gasteiger partial charge on any atom is -0.450 e. The minimum atomic E-state index is -0.968. The molecule has 0 saturated heterocycles. The average Bonchev–Trinajstić information content (AvgIpc) is 2.86. The number of ether oxygens (including phenoxy) is 1. The van der Waals surface area contributed by atoms with Crippen LogP contribution >= 0.6 is 0 Å². The summed E-state index contributed by atoms with van der Waals surface area (Å²) in [6, 6.07) is 7.09. The summed E-state index contributed by atoms with van der Waals surface area (Å²) in [5, 5.41) is 9.56. The highest BCUT2D eigenvalue weighted by atomic mass is 16.5. The van der Waals surface area contributed by atoms with Gasteiger partial charge in [-0.1, -0.05) is 71.4 Å². The molecule has 2 atom stereocenters. The first-order valence-electron chi connectivity index (χ1n) is 12.7. The van der Waals surface area contributed by atoms with E-state index in [0.717, 1.165) is 11.5 Å². The molecular formula is C26H46N6O6. The molecule has 0 aliphatic carbocycles. The van der Waals surface area contributed by atoms with Gasteiger partial charge in [-0.05, 0) is 25.3 Å². The second-order valence-electron chi connectivity index (χ2n) is 8.84. The van der Waals surface area contributed by atoms with Crippen molar-refractivity contribution in [2.24, 2.45) is 11.8 Å². The summed E-state index contributed by atoms with van der Waals surface area (Å²) in [6.07, 6.45) is 0.685. The largest absolute Gasteiger partial charge is 0.450 e. The maximum atomic E-state index is 12.5. The summed E-state index contributed by atoms with van der Waals surface area (Å²) >= 11 is 0. The molecule has 216 valence electrons. The van der Waals surface area contributed by atoms with Crippen LogP contribution in [-0.2, 0) is 30.3 Å². The van der Waals surface area contributed by atoms with Gasteiger partial charge in [0.2, 0.25) is 17.7 Å². The summed E-state index contributed by atoms with van der Waals surface area (Å²) in [5.41, 5.74) is 2.66. The second-order valence-corrected chi connectivity index (χ2v) is 8.84. The fourth-order valence-corrected chi connectivity index (χ4v) is 2.39. The highest BCUT2D eigenvalue weighted by molar-refractivity contribution is 5.93. The number of rotatable bonds is 11. The molecular weight excluding hydrogens is 492 g/mol. The zero-order valence-electron chi connectivity index (χ0n) is 23.7. The Kier molecular flexibility index (Phi) is 21.6. The van der Waals surface area contributed by atoms with Crippen molar-refractivity contribution in [2.75, 3.05) is 19.7 Å². The van der Waals surface area contributed by atoms with Crippen LogP contribution in [0, 0.1) is 5.92 Å². The maximum Gasteiger partial charge on any atom is 0.407 e. The molecule has 12 heteroatoms. The number of amides is 5. The first kappa shape index (κ1) is 36.5. The van der Waals surface area contributed by atoms with Gasteiger partial charge < -0.3 is 26.0 Å². The number of hydrogen-bond donors (Lipinski definition) is 6. The van der Waals surface area contributed by atoms with Crippen LogP contribution in [-0.4, -0.2) is 61.5 Å². The van der Waals surface area contributed by atoms with Gasteiger partial charge in [0.05, 0.1) is 19.7 Å². The molecule has 12 nitrogen and oxygen atoms in total. The monoisotopic (exact) mass is 538 g/mol. The molecule has 1 aromatic rings. The smallest absolute Gasteiger partial charge is 0.407 e. The van der Waals surface area contributed by atoms with Crippen LogP contribution in [0.15, 0.2) is 30.3 Å². The van der Waals surface area contributed by atoms with E-state index in [1.54, 1.807) is 31.2 Å². The number of carbonyl (C=O) groups is 5. The van der Waals surface area contributed by atoms with E-state index in [1.807, 2.05) is 11.5 Å². The van der Waals surface area contributed by atoms with Gasteiger partial charge in [0, 0.05) is 6.42 Å². The lowest BCUT2D eigenvalue weighted by molar-refractivity contribution is -0.130. The predicted octanol–water partition coefficient (Wildman–Crippen LogP) is 1.15. The Balaban J connectivity index is 0. The van der Waals surface area contributed by atoms with Crippen molar-refractivity contribution in [3.8, 4) is 0 Å². The Labute approximate surface area is 226 Å². The van der Waals surface area contributed by atoms with Crippen LogP contribution in [0.3, 0.4) is 0 Å². The number of carbonyl (C=O) groups excluding carboxylic acids is 5. The zero-order chi connectivity index (χ0) is 29.5. The van der Waals surface area contributed by atoms with Gasteiger partial charge in [-0.2, -0.15) is 0 Å². The SMILES string of the molecule is CC(C)C.CCC.CCOC(=O)N[C@@H](Cc1ccccc1)C(=O)NCC(=O)N[C@@H](C)C(=O)NCC(=O)NN. The third kappa shape index (κ3) is 20.5. The highest BCUT2D eigenvalue weighted by Gasteiger charge is 2.23. The number of alkyl carbamates (subject to hydrolysis) is 1. The normalized spacial score (nSPS) is 11.2. The van der Waals surface area contributed by atoms with Gasteiger partial charge in [-0.3, -0.25) is 24.6 Å². The quantitative estimate of drug-likeness (QED) is 0.139. The van der Waals surface area contributed by atoms with Crippen molar-refractivity contribution < 1.29 is 28.7 Å². The number of hydrazine groups is 1. The van der Waals surface area contributed by atoms with E-state index in [9.17, 15) is 24.0 Å². The number of benzene rings is 1. The summed E-state index contributed by atoms with van der Waals surface area (Å²) in [7, 11) is 0. The van der Waals surface area contributed by atoms with E-state index in [-0.39, 0.29) is 19.6 Å². The molecule has 0 aliphatic heterocycles. The van der Waals surface area contributed by atoms with Gasteiger partial charge in [-0.15, -0.1) is 0 Å². The van der Waals surface area contributed by atoms with E-state index in [1.165, 1.54) is 13.3 Å². The van der Waals surface area contributed by atoms with E-state index < -0.39 is 48.4 Å². The van der Waals surface area contributed by atoms with Gasteiger partial charge >= 0.3 is 6.09 Å². The highest BCUT2D eigenvalue weighted by Crippen LogP contribution is 2.04. The summed E-state index contributed by atoms with van der Waals surface area (Å²) in [6.45, 7) is 13.2. The first-order valence-corrected chi connectivity index (χ1v) is 12.7. The standard InChI is InChI=1S/C19H28N6O6.C4H10.C3H8/c1-3-31-19(30)24-14(9-13-7-5-4-6-8-13)18(29)22-10-15(26)23-12(2)17(28)21-11-16(27)25-20;1-4(2)3;1-3-2/h4-8,12,14H,3,9-11,20H2,1-2H3,(H,21,28)(H,22,29)(H,23,26)(H,24,30)(H,25,27);4H,1-3H3;3H2,1-2H3/t12-,14-;;/m0../s1. The van der Waals surface area contributed by atoms with Gasteiger partial charge in [0.15, 0.2) is 0 Å². The van der Waals surface area contributed by atoms with E-state index in [4.69, 9.17) is 10.6 Å². The van der Waals surface area contributed by atoms with Crippen molar-refractivity contribution in [1.29, 1.82) is 0 Å². The molecule has 0 saturated carbocycles. The molecule has 0 radical (unpaired) electrons. The Hall–Kier alpha value is -3.67. The first-order chi connectivity index (χ1) is 17.9. The molecule has 0 fully saturated rings. The maximum absolute atomic E-state index is 12.5. The van der Waals surface area contributed by atoms with Crippen LogP contribution in [0.5, 0.6) is 0 Å². The van der Waals surface area contributed by atoms with Crippen LogP contribution in [0.25, 0.3) is 0 Å². The van der Waals surface area contributed by atoms with Crippen LogP contribution < -0.4 is 32.5 Å². The van der Waals surface area contributed by atoms with Crippen molar-refractivity contribution in [2.45, 2.75) is 73.4 Å². The Morgan fingerprint density at radius 1 is 0.816 bits per heavy atom. The summed E-state index contributed by atoms with van der Waals surface area (Å²) in [5.74, 6) is 3.31. The van der Waals surface area contributed by atoms with E-state index in [2.05, 4.69) is 55.9 Å². The Morgan fingerprint density at radius 3 is 1.82 bits per heavy atom. The molecule has 5 amide bonds. The molecule has 0 heterocycles. The molecule has 0 aromatic heterocycles.